The van der Waals surface area contributed by atoms with Gasteiger partial charge in [0.15, 0.2) is 0 Å². The van der Waals surface area contributed by atoms with Crippen LogP contribution >= 0.6 is 0 Å². The van der Waals surface area contributed by atoms with Crippen LogP contribution in [-0.2, 0) is 9.53 Å². The van der Waals surface area contributed by atoms with Crippen LogP contribution in [0.3, 0.4) is 0 Å². The highest BCUT2D eigenvalue weighted by molar-refractivity contribution is 5.76. The molecule has 4 nitrogen and oxygen atoms in total. The molecule has 1 rings (SSSR count). The summed E-state index contributed by atoms with van der Waals surface area (Å²) in [6, 6.07) is 9.59. The summed E-state index contributed by atoms with van der Waals surface area (Å²) in [5.74, 6) is -1.28. The minimum absolute atomic E-state index is 0.209. The third-order valence-electron chi connectivity index (χ3n) is 3.35. The summed E-state index contributed by atoms with van der Waals surface area (Å²) in [6.45, 7) is 6.00. The monoisotopic (exact) mass is 265 g/mol. The number of carbonyl (C=O) groups is 1. The van der Waals surface area contributed by atoms with Gasteiger partial charge in [0.1, 0.15) is 0 Å². The summed E-state index contributed by atoms with van der Waals surface area (Å²) in [5.41, 5.74) is 0.845. The number of benzene rings is 1. The van der Waals surface area contributed by atoms with Crippen LogP contribution in [0.5, 0.6) is 0 Å². The lowest BCUT2D eigenvalue weighted by Gasteiger charge is -2.29. The maximum atomic E-state index is 11.5. The molecule has 1 aromatic rings. The number of hydrogen-bond acceptors (Lipinski definition) is 3. The molecule has 0 radical (unpaired) electrons. The van der Waals surface area contributed by atoms with Gasteiger partial charge in [-0.1, -0.05) is 37.3 Å². The molecule has 0 heterocycles. The average Bonchev–Trinajstić information content (AvgIpc) is 2.40. The van der Waals surface area contributed by atoms with E-state index < -0.39 is 11.9 Å². The highest BCUT2D eigenvalue weighted by Crippen LogP contribution is 2.18. The average molecular weight is 265 g/mol. The first-order chi connectivity index (χ1) is 9.10. The van der Waals surface area contributed by atoms with Gasteiger partial charge in [-0.2, -0.15) is 0 Å². The van der Waals surface area contributed by atoms with Gasteiger partial charge in [0.2, 0.25) is 0 Å². The molecule has 1 aromatic carbocycles. The number of rotatable bonds is 8. The number of carboxylic acid groups (broad SMARTS) is 1. The Labute approximate surface area is 115 Å². The van der Waals surface area contributed by atoms with E-state index in [1.54, 1.807) is 7.11 Å². The molecule has 0 aliphatic rings. The van der Waals surface area contributed by atoms with Gasteiger partial charge in [-0.25, -0.2) is 0 Å². The van der Waals surface area contributed by atoms with Crippen molar-refractivity contribution in [3.05, 3.63) is 35.9 Å². The SMILES string of the molecule is CCN(CC(C(=O)O)c1ccccc1)C(C)COC. The Balaban J connectivity index is 2.81. The van der Waals surface area contributed by atoms with E-state index in [9.17, 15) is 9.90 Å². The summed E-state index contributed by atoms with van der Waals surface area (Å²) >= 11 is 0. The largest absolute Gasteiger partial charge is 0.481 e. The fourth-order valence-corrected chi connectivity index (χ4v) is 2.21. The van der Waals surface area contributed by atoms with Gasteiger partial charge in [0.05, 0.1) is 12.5 Å². The Hall–Kier alpha value is -1.39. The minimum Gasteiger partial charge on any atom is -0.481 e. The second-order valence-electron chi connectivity index (χ2n) is 4.69. The number of ether oxygens (including phenoxy) is 1. The van der Waals surface area contributed by atoms with Crippen molar-refractivity contribution in [2.24, 2.45) is 0 Å². The molecule has 0 bridgehead atoms. The molecule has 0 aliphatic carbocycles. The van der Waals surface area contributed by atoms with Gasteiger partial charge in [-0.05, 0) is 19.0 Å². The molecular formula is C15H23NO3. The van der Waals surface area contributed by atoms with Gasteiger partial charge in [-0.15, -0.1) is 0 Å². The summed E-state index contributed by atoms with van der Waals surface area (Å²) in [7, 11) is 1.66. The topological polar surface area (TPSA) is 49.8 Å². The van der Waals surface area contributed by atoms with Crippen molar-refractivity contribution < 1.29 is 14.6 Å². The fourth-order valence-electron chi connectivity index (χ4n) is 2.21. The fraction of sp³-hybridized carbons (Fsp3) is 0.533. The lowest BCUT2D eigenvalue weighted by molar-refractivity contribution is -0.139. The lowest BCUT2D eigenvalue weighted by atomic mass is 9.98. The number of carboxylic acids is 1. The molecular weight excluding hydrogens is 242 g/mol. The lowest BCUT2D eigenvalue weighted by Crippen LogP contribution is -2.40. The second kappa shape index (κ2) is 7.92. The van der Waals surface area contributed by atoms with Gasteiger partial charge < -0.3 is 9.84 Å². The van der Waals surface area contributed by atoms with Crippen molar-refractivity contribution in [2.75, 3.05) is 26.8 Å². The van der Waals surface area contributed by atoms with E-state index in [4.69, 9.17) is 4.74 Å². The smallest absolute Gasteiger partial charge is 0.312 e. The van der Waals surface area contributed by atoms with Crippen molar-refractivity contribution >= 4 is 5.97 Å². The number of nitrogens with zero attached hydrogens (tertiary/aromatic N) is 1. The first kappa shape index (κ1) is 15.7. The van der Waals surface area contributed by atoms with Crippen LogP contribution < -0.4 is 0 Å². The van der Waals surface area contributed by atoms with Crippen LogP contribution in [0.15, 0.2) is 30.3 Å². The molecule has 0 saturated heterocycles. The molecule has 2 atom stereocenters. The molecule has 106 valence electrons. The molecule has 1 N–H and O–H groups in total. The molecule has 0 aliphatic heterocycles. The number of aliphatic carboxylic acids is 1. The summed E-state index contributed by atoms with van der Waals surface area (Å²) in [6.07, 6.45) is 0. The highest BCUT2D eigenvalue weighted by Gasteiger charge is 2.24. The quantitative estimate of drug-likeness (QED) is 0.783. The molecule has 4 heteroatoms. The van der Waals surface area contributed by atoms with E-state index in [0.717, 1.165) is 12.1 Å². The van der Waals surface area contributed by atoms with E-state index in [1.807, 2.05) is 37.3 Å². The minimum atomic E-state index is -0.783. The zero-order chi connectivity index (χ0) is 14.3. The van der Waals surface area contributed by atoms with E-state index >= 15 is 0 Å². The Morgan fingerprint density at radius 2 is 2.00 bits per heavy atom. The maximum absolute atomic E-state index is 11.5. The molecule has 0 aromatic heterocycles. The van der Waals surface area contributed by atoms with E-state index in [-0.39, 0.29) is 6.04 Å². The Bertz CT molecular complexity index is 380. The molecule has 0 fully saturated rings. The van der Waals surface area contributed by atoms with Gasteiger partial charge in [0, 0.05) is 19.7 Å². The van der Waals surface area contributed by atoms with Crippen molar-refractivity contribution in [3.8, 4) is 0 Å². The zero-order valence-electron chi connectivity index (χ0n) is 11.9. The van der Waals surface area contributed by atoms with Crippen molar-refractivity contribution in [1.29, 1.82) is 0 Å². The molecule has 19 heavy (non-hydrogen) atoms. The highest BCUT2D eigenvalue weighted by atomic mass is 16.5. The number of likely N-dealkylation sites (N-methyl/N-ethyl adjacent to an activating group) is 1. The van der Waals surface area contributed by atoms with E-state index in [2.05, 4.69) is 11.8 Å². The maximum Gasteiger partial charge on any atom is 0.312 e. The number of hydrogen-bond donors (Lipinski definition) is 1. The molecule has 0 saturated carbocycles. The second-order valence-corrected chi connectivity index (χ2v) is 4.69. The van der Waals surface area contributed by atoms with Gasteiger partial charge >= 0.3 is 5.97 Å². The third kappa shape index (κ3) is 4.65. The van der Waals surface area contributed by atoms with Crippen LogP contribution in [-0.4, -0.2) is 48.8 Å². The van der Waals surface area contributed by atoms with Crippen molar-refractivity contribution in [3.63, 3.8) is 0 Å². The first-order valence-corrected chi connectivity index (χ1v) is 6.60. The summed E-state index contributed by atoms with van der Waals surface area (Å²) < 4.78 is 5.15. The zero-order valence-corrected chi connectivity index (χ0v) is 11.9. The van der Waals surface area contributed by atoms with Crippen LogP contribution in [0.25, 0.3) is 0 Å². The Morgan fingerprint density at radius 3 is 2.47 bits per heavy atom. The van der Waals surface area contributed by atoms with Crippen LogP contribution in [0.2, 0.25) is 0 Å². The Morgan fingerprint density at radius 1 is 1.37 bits per heavy atom. The van der Waals surface area contributed by atoms with Crippen LogP contribution in [0, 0.1) is 0 Å². The predicted octanol–water partition coefficient (Wildman–Crippen LogP) is 2.21. The Kier molecular flexibility index (Phi) is 6.53. The van der Waals surface area contributed by atoms with Gasteiger partial charge in [-0.3, -0.25) is 9.69 Å². The van der Waals surface area contributed by atoms with Crippen LogP contribution in [0.1, 0.15) is 25.3 Å². The summed E-state index contributed by atoms with van der Waals surface area (Å²) in [5, 5.41) is 9.42. The first-order valence-electron chi connectivity index (χ1n) is 6.60. The van der Waals surface area contributed by atoms with Gasteiger partial charge in [0.25, 0.3) is 0 Å². The summed E-state index contributed by atoms with van der Waals surface area (Å²) in [4.78, 5) is 13.6. The standard InChI is InChI=1S/C15H23NO3/c1-4-16(12(2)11-19-3)10-14(15(17)18)13-8-6-5-7-9-13/h5-9,12,14H,4,10-11H2,1-3H3,(H,17,18). The molecule has 0 spiro atoms. The predicted molar refractivity (Wildman–Crippen MR) is 75.4 cm³/mol. The molecule has 0 amide bonds. The van der Waals surface area contributed by atoms with E-state index in [1.165, 1.54) is 0 Å². The normalized spacial score (nSPS) is 14.3. The van der Waals surface area contributed by atoms with Crippen molar-refractivity contribution in [1.82, 2.24) is 4.90 Å². The third-order valence-corrected chi connectivity index (χ3v) is 3.35. The molecule has 2 unspecified atom stereocenters. The van der Waals surface area contributed by atoms with Crippen molar-refractivity contribution in [2.45, 2.75) is 25.8 Å². The van der Waals surface area contributed by atoms with E-state index in [0.29, 0.717) is 13.2 Å². The van der Waals surface area contributed by atoms with Crippen LogP contribution in [0.4, 0.5) is 0 Å². The number of methoxy groups -OCH3 is 1.